The van der Waals surface area contributed by atoms with E-state index in [1.54, 1.807) is 0 Å². The SMILES string of the molecule is CC(C)CNCC1CCCN(C(C)C(N)=O)C1. The topological polar surface area (TPSA) is 58.4 Å². The minimum absolute atomic E-state index is 0.122. The highest BCUT2D eigenvalue weighted by Gasteiger charge is 2.25. The van der Waals surface area contributed by atoms with Crippen molar-refractivity contribution in [1.29, 1.82) is 0 Å². The summed E-state index contributed by atoms with van der Waals surface area (Å²) in [7, 11) is 0. The van der Waals surface area contributed by atoms with Crippen molar-refractivity contribution in [2.24, 2.45) is 17.6 Å². The highest BCUT2D eigenvalue weighted by Crippen LogP contribution is 2.17. The number of nitrogens with zero attached hydrogens (tertiary/aromatic N) is 1. The van der Waals surface area contributed by atoms with Gasteiger partial charge in [0.1, 0.15) is 0 Å². The van der Waals surface area contributed by atoms with Crippen molar-refractivity contribution in [1.82, 2.24) is 10.2 Å². The molecule has 0 aromatic rings. The molecule has 100 valence electrons. The molecule has 0 spiro atoms. The number of primary amides is 1. The van der Waals surface area contributed by atoms with E-state index < -0.39 is 0 Å². The molecule has 4 heteroatoms. The zero-order valence-corrected chi connectivity index (χ0v) is 11.4. The maximum atomic E-state index is 11.2. The van der Waals surface area contributed by atoms with Crippen molar-refractivity contribution in [3.8, 4) is 0 Å². The van der Waals surface area contributed by atoms with Gasteiger partial charge < -0.3 is 11.1 Å². The van der Waals surface area contributed by atoms with Crippen molar-refractivity contribution >= 4 is 5.91 Å². The number of likely N-dealkylation sites (tertiary alicyclic amines) is 1. The first-order valence-corrected chi connectivity index (χ1v) is 6.74. The molecular formula is C13H27N3O. The fourth-order valence-corrected chi connectivity index (χ4v) is 2.37. The van der Waals surface area contributed by atoms with Crippen LogP contribution in [-0.4, -0.2) is 43.0 Å². The van der Waals surface area contributed by atoms with Crippen LogP contribution in [0.3, 0.4) is 0 Å². The summed E-state index contributed by atoms with van der Waals surface area (Å²) in [6.07, 6.45) is 2.43. The zero-order chi connectivity index (χ0) is 12.8. The third-order valence-electron chi connectivity index (χ3n) is 3.50. The Labute approximate surface area is 105 Å². The Hall–Kier alpha value is -0.610. The Kier molecular flexibility index (Phi) is 5.92. The summed E-state index contributed by atoms with van der Waals surface area (Å²) in [5.74, 6) is 1.14. The normalized spacial score (nSPS) is 23.9. The standard InChI is InChI=1S/C13H27N3O/c1-10(2)7-15-8-12-5-4-6-16(9-12)11(3)13(14)17/h10-12,15H,4-9H2,1-3H3,(H2,14,17). The smallest absolute Gasteiger partial charge is 0.234 e. The summed E-state index contributed by atoms with van der Waals surface area (Å²) in [5.41, 5.74) is 5.36. The van der Waals surface area contributed by atoms with Gasteiger partial charge in [-0.1, -0.05) is 13.8 Å². The molecule has 1 aliphatic rings. The van der Waals surface area contributed by atoms with Gasteiger partial charge in [0, 0.05) is 6.54 Å². The van der Waals surface area contributed by atoms with E-state index in [9.17, 15) is 4.79 Å². The molecule has 0 saturated carbocycles. The van der Waals surface area contributed by atoms with E-state index in [4.69, 9.17) is 5.73 Å². The molecule has 4 nitrogen and oxygen atoms in total. The molecule has 0 aromatic carbocycles. The minimum Gasteiger partial charge on any atom is -0.368 e. The Morgan fingerprint density at radius 3 is 2.76 bits per heavy atom. The van der Waals surface area contributed by atoms with Crippen LogP contribution in [0.1, 0.15) is 33.6 Å². The third kappa shape index (κ3) is 5.04. The fraction of sp³-hybridized carbons (Fsp3) is 0.923. The van der Waals surface area contributed by atoms with Gasteiger partial charge in [-0.2, -0.15) is 0 Å². The molecule has 0 aromatic heterocycles. The lowest BCUT2D eigenvalue weighted by atomic mass is 9.96. The second-order valence-corrected chi connectivity index (χ2v) is 5.63. The van der Waals surface area contributed by atoms with E-state index in [2.05, 4.69) is 24.1 Å². The molecule has 1 heterocycles. The Morgan fingerprint density at radius 2 is 2.18 bits per heavy atom. The van der Waals surface area contributed by atoms with Gasteiger partial charge in [0.15, 0.2) is 0 Å². The first-order chi connectivity index (χ1) is 8.00. The number of hydrogen-bond donors (Lipinski definition) is 2. The van der Waals surface area contributed by atoms with Crippen molar-refractivity contribution < 1.29 is 4.79 Å². The van der Waals surface area contributed by atoms with E-state index in [-0.39, 0.29) is 11.9 Å². The number of rotatable bonds is 6. The van der Waals surface area contributed by atoms with Crippen LogP contribution in [0.2, 0.25) is 0 Å². The number of amides is 1. The maximum Gasteiger partial charge on any atom is 0.234 e. The predicted octanol–water partition coefficient (Wildman–Crippen LogP) is 0.818. The fourth-order valence-electron chi connectivity index (χ4n) is 2.37. The van der Waals surface area contributed by atoms with Gasteiger partial charge in [-0.15, -0.1) is 0 Å². The molecule has 0 bridgehead atoms. The van der Waals surface area contributed by atoms with Gasteiger partial charge in [-0.3, -0.25) is 9.69 Å². The zero-order valence-electron chi connectivity index (χ0n) is 11.4. The lowest BCUT2D eigenvalue weighted by Gasteiger charge is -2.35. The number of piperidine rings is 1. The molecular weight excluding hydrogens is 214 g/mol. The van der Waals surface area contributed by atoms with Crippen molar-refractivity contribution in [2.75, 3.05) is 26.2 Å². The summed E-state index contributed by atoms with van der Waals surface area (Å²) in [6.45, 7) is 10.5. The molecule has 0 radical (unpaired) electrons. The quantitative estimate of drug-likeness (QED) is 0.724. The largest absolute Gasteiger partial charge is 0.368 e. The van der Waals surface area contributed by atoms with Crippen LogP contribution < -0.4 is 11.1 Å². The third-order valence-corrected chi connectivity index (χ3v) is 3.50. The monoisotopic (exact) mass is 241 g/mol. The molecule has 1 saturated heterocycles. The van der Waals surface area contributed by atoms with E-state index >= 15 is 0 Å². The van der Waals surface area contributed by atoms with Gasteiger partial charge in [0.2, 0.25) is 5.91 Å². The second-order valence-electron chi connectivity index (χ2n) is 5.63. The van der Waals surface area contributed by atoms with Crippen LogP contribution in [0.15, 0.2) is 0 Å². The average molecular weight is 241 g/mol. The van der Waals surface area contributed by atoms with Gasteiger partial charge in [-0.25, -0.2) is 0 Å². The molecule has 1 fully saturated rings. The summed E-state index contributed by atoms with van der Waals surface area (Å²) >= 11 is 0. The van der Waals surface area contributed by atoms with Crippen LogP contribution in [-0.2, 0) is 4.79 Å². The highest BCUT2D eigenvalue weighted by atomic mass is 16.1. The van der Waals surface area contributed by atoms with E-state index in [0.29, 0.717) is 11.8 Å². The van der Waals surface area contributed by atoms with Crippen LogP contribution in [0.5, 0.6) is 0 Å². The average Bonchev–Trinajstić information content (AvgIpc) is 2.28. The lowest BCUT2D eigenvalue weighted by Crippen LogP contribution is -2.49. The molecule has 3 N–H and O–H groups in total. The predicted molar refractivity (Wildman–Crippen MR) is 70.7 cm³/mol. The number of carbonyl (C=O) groups is 1. The van der Waals surface area contributed by atoms with Crippen LogP contribution in [0, 0.1) is 11.8 Å². The van der Waals surface area contributed by atoms with Crippen LogP contribution in [0.25, 0.3) is 0 Å². The first kappa shape index (κ1) is 14.5. The van der Waals surface area contributed by atoms with E-state index in [1.807, 2.05) is 6.92 Å². The van der Waals surface area contributed by atoms with Crippen molar-refractivity contribution in [3.05, 3.63) is 0 Å². The molecule has 2 unspecified atom stereocenters. The van der Waals surface area contributed by atoms with Crippen molar-refractivity contribution in [3.63, 3.8) is 0 Å². The van der Waals surface area contributed by atoms with E-state index in [1.165, 1.54) is 12.8 Å². The molecule has 0 aliphatic carbocycles. The number of nitrogens with two attached hydrogens (primary N) is 1. The molecule has 1 rings (SSSR count). The number of carbonyl (C=O) groups excluding carboxylic acids is 1. The second kappa shape index (κ2) is 6.97. The minimum atomic E-state index is -0.208. The molecule has 1 aliphatic heterocycles. The maximum absolute atomic E-state index is 11.2. The molecule has 1 amide bonds. The Morgan fingerprint density at radius 1 is 1.47 bits per heavy atom. The van der Waals surface area contributed by atoms with Gasteiger partial charge in [0.25, 0.3) is 0 Å². The summed E-state index contributed by atoms with van der Waals surface area (Å²) < 4.78 is 0. The van der Waals surface area contributed by atoms with E-state index in [0.717, 1.165) is 26.2 Å². The highest BCUT2D eigenvalue weighted by molar-refractivity contribution is 5.79. The molecule has 17 heavy (non-hydrogen) atoms. The Balaban J connectivity index is 2.31. The van der Waals surface area contributed by atoms with Crippen molar-refractivity contribution in [2.45, 2.75) is 39.7 Å². The van der Waals surface area contributed by atoms with Gasteiger partial charge in [0.05, 0.1) is 6.04 Å². The number of nitrogens with one attached hydrogen (secondary N) is 1. The summed E-state index contributed by atoms with van der Waals surface area (Å²) in [5, 5.41) is 3.50. The van der Waals surface area contributed by atoms with Crippen LogP contribution in [0.4, 0.5) is 0 Å². The summed E-state index contributed by atoms with van der Waals surface area (Å²) in [4.78, 5) is 13.4. The van der Waals surface area contributed by atoms with Gasteiger partial charge in [-0.05, 0) is 51.2 Å². The molecule has 2 atom stereocenters. The van der Waals surface area contributed by atoms with Gasteiger partial charge >= 0.3 is 0 Å². The van der Waals surface area contributed by atoms with Crippen LogP contribution >= 0.6 is 0 Å². The number of hydrogen-bond acceptors (Lipinski definition) is 3. The first-order valence-electron chi connectivity index (χ1n) is 6.74. The summed E-state index contributed by atoms with van der Waals surface area (Å²) in [6, 6.07) is -0.122. The Bertz CT molecular complexity index is 243. The lowest BCUT2D eigenvalue weighted by molar-refractivity contribution is -0.123.